The van der Waals surface area contributed by atoms with E-state index in [0.717, 1.165) is 21.9 Å². The predicted octanol–water partition coefficient (Wildman–Crippen LogP) is 4.02. The number of aryl methyl sites for hydroxylation is 1. The lowest BCUT2D eigenvalue weighted by molar-refractivity contribution is 0.337. The van der Waals surface area contributed by atoms with Gasteiger partial charge in [0, 0.05) is 12.6 Å². The minimum absolute atomic E-state index is 0.00593. The largest absolute Gasteiger partial charge is 0.338 e. The van der Waals surface area contributed by atoms with Gasteiger partial charge in [0.15, 0.2) is 0 Å². The van der Waals surface area contributed by atoms with Gasteiger partial charge < -0.3 is 4.52 Å². The highest BCUT2D eigenvalue weighted by molar-refractivity contribution is 7.89. The van der Waals surface area contributed by atoms with Crippen LogP contribution in [0, 0.1) is 6.92 Å². The highest BCUT2D eigenvalue weighted by Crippen LogP contribution is 2.23. The first-order valence-electron chi connectivity index (χ1n) is 8.78. The van der Waals surface area contributed by atoms with Crippen molar-refractivity contribution in [3.63, 3.8) is 0 Å². The molecule has 6 nitrogen and oxygen atoms in total. The standard InChI is InChI=1S/C21H19N3O3S/c1-15-7-9-17(10-8-15)21-22-20(27-23-21)14-24(2)28(25,26)19-12-11-16-5-3-4-6-18(16)13-19/h3-13H,14H2,1-2H3. The monoisotopic (exact) mass is 393 g/mol. The van der Waals surface area contributed by atoms with Crippen molar-refractivity contribution >= 4 is 20.8 Å². The Bertz CT molecular complexity index is 1230. The van der Waals surface area contributed by atoms with E-state index in [9.17, 15) is 8.42 Å². The quantitative estimate of drug-likeness (QED) is 0.512. The van der Waals surface area contributed by atoms with Crippen LogP contribution in [0.4, 0.5) is 0 Å². The minimum atomic E-state index is -3.68. The van der Waals surface area contributed by atoms with Crippen LogP contribution in [0.5, 0.6) is 0 Å². The number of hydrogen-bond acceptors (Lipinski definition) is 5. The first kappa shape index (κ1) is 18.3. The molecule has 0 amide bonds. The van der Waals surface area contributed by atoms with Crippen LogP contribution in [-0.2, 0) is 16.6 Å². The van der Waals surface area contributed by atoms with Crippen LogP contribution in [0.25, 0.3) is 22.2 Å². The lowest BCUT2D eigenvalue weighted by Gasteiger charge is -2.15. The zero-order valence-corrected chi connectivity index (χ0v) is 16.3. The number of hydrogen-bond donors (Lipinski definition) is 0. The molecule has 0 radical (unpaired) electrons. The third-order valence-electron chi connectivity index (χ3n) is 4.56. The van der Waals surface area contributed by atoms with E-state index in [1.54, 1.807) is 18.2 Å². The van der Waals surface area contributed by atoms with Crippen LogP contribution in [-0.4, -0.2) is 29.9 Å². The van der Waals surface area contributed by atoms with E-state index in [1.807, 2.05) is 55.5 Å². The average molecular weight is 393 g/mol. The van der Waals surface area contributed by atoms with Crippen molar-refractivity contribution in [3.8, 4) is 11.4 Å². The van der Waals surface area contributed by atoms with Gasteiger partial charge in [0.2, 0.25) is 21.7 Å². The van der Waals surface area contributed by atoms with E-state index in [-0.39, 0.29) is 17.3 Å². The maximum Gasteiger partial charge on any atom is 0.243 e. The highest BCUT2D eigenvalue weighted by Gasteiger charge is 2.23. The Balaban J connectivity index is 1.56. The first-order valence-corrected chi connectivity index (χ1v) is 10.2. The molecule has 7 heteroatoms. The second kappa shape index (κ2) is 7.18. The number of aromatic nitrogens is 2. The second-order valence-corrected chi connectivity index (χ2v) is 8.69. The van der Waals surface area contributed by atoms with E-state index < -0.39 is 10.0 Å². The average Bonchev–Trinajstić information content (AvgIpc) is 3.16. The molecular weight excluding hydrogens is 374 g/mol. The van der Waals surface area contributed by atoms with Gasteiger partial charge in [-0.25, -0.2) is 8.42 Å². The van der Waals surface area contributed by atoms with Crippen molar-refractivity contribution in [1.29, 1.82) is 0 Å². The minimum Gasteiger partial charge on any atom is -0.338 e. The van der Waals surface area contributed by atoms with Crippen LogP contribution in [0.1, 0.15) is 11.5 Å². The molecule has 0 aliphatic heterocycles. The molecule has 0 aliphatic rings. The molecule has 0 saturated heterocycles. The molecule has 0 saturated carbocycles. The van der Waals surface area contributed by atoms with Gasteiger partial charge in [-0.3, -0.25) is 0 Å². The Morgan fingerprint density at radius 3 is 2.43 bits per heavy atom. The van der Waals surface area contributed by atoms with Crippen LogP contribution in [0.15, 0.2) is 76.1 Å². The summed E-state index contributed by atoms with van der Waals surface area (Å²) in [6.07, 6.45) is 0. The molecule has 1 aromatic heterocycles. The summed E-state index contributed by atoms with van der Waals surface area (Å²) in [6.45, 7) is 1.99. The first-order chi connectivity index (χ1) is 13.4. The SMILES string of the molecule is Cc1ccc(-c2noc(CN(C)S(=O)(=O)c3ccc4ccccc4c3)n2)cc1. The number of fused-ring (bicyclic) bond motifs is 1. The van der Waals surface area contributed by atoms with Gasteiger partial charge in [-0.2, -0.15) is 9.29 Å². The fraction of sp³-hybridized carbons (Fsp3) is 0.143. The molecule has 4 aromatic rings. The van der Waals surface area contributed by atoms with Crippen LogP contribution in [0.3, 0.4) is 0 Å². The number of sulfonamides is 1. The van der Waals surface area contributed by atoms with E-state index in [4.69, 9.17) is 4.52 Å². The third-order valence-corrected chi connectivity index (χ3v) is 6.36. The highest BCUT2D eigenvalue weighted by atomic mass is 32.2. The molecule has 0 unspecified atom stereocenters. The van der Waals surface area contributed by atoms with E-state index >= 15 is 0 Å². The zero-order chi connectivity index (χ0) is 19.7. The molecule has 28 heavy (non-hydrogen) atoms. The molecule has 0 bridgehead atoms. The van der Waals surface area contributed by atoms with Crippen molar-refractivity contribution < 1.29 is 12.9 Å². The lowest BCUT2D eigenvalue weighted by Crippen LogP contribution is -2.26. The molecule has 3 aromatic carbocycles. The van der Waals surface area contributed by atoms with Crippen molar-refractivity contribution in [2.75, 3.05) is 7.05 Å². The molecule has 0 spiro atoms. The van der Waals surface area contributed by atoms with E-state index in [0.29, 0.717) is 5.82 Å². The van der Waals surface area contributed by atoms with Crippen LogP contribution < -0.4 is 0 Å². The Kier molecular flexibility index (Phi) is 4.70. The van der Waals surface area contributed by atoms with Crippen molar-refractivity contribution in [3.05, 3.63) is 78.2 Å². The molecule has 4 rings (SSSR count). The summed E-state index contributed by atoms with van der Waals surface area (Å²) in [5, 5.41) is 5.82. The topological polar surface area (TPSA) is 76.3 Å². The van der Waals surface area contributed by atoms with Gasteiger partial charge in [-0.15, -0.1) is 0 Å². The molecule has 0 fully saturated rings. The Hall–Kier alpha value is -3.03. The molecule has 1 heterocycles. The van der Waals surface area contributed by atoms with Gasteiger partial charge in [-0.05, 0) is 29.8 Å². The summed E-state index contributed by atoms with van der Waals surface area (Å²) in [5.74, 6) is 0.675. The number of nitrogens with zero attached hydrogens (tertiary/aromatic N) is 3. The van der Waals surface area contributed by atoms with Gasteiger partial charge in [-0.1, -0.05) is 65.3 Å². The Morgan fingerprint density at radius 2 is 1.68 bits per heavy atom. The maximum atomic E-state index is 12.9. The van der Waals surface area contributed by atoms with Crippen molar-refractivity contribution in [2.45, 2.75) is 18.4 Å². The fourth-order valence-corrected chi connectivity index (χ4v) is 4.08. The molecule has 0 aliphatic carbocycles. The summed E-state index contributed by atoms with van der Waals surface area (Å²) in [5.41, 5.74) is 1.95. The van der Waals surface area contributed by atoms with Gasteiger partial charge in [0.25, 0.3) is 0 Å². The summed E-state index contributed by atoms with van der Waals surface area (Å²) < 4.78 is 32.3. The lowest BCUT2D eigenvalue weighted by atomic mass is 10.1. The predicted molar refractivity (Wildman–Crippen MR) is 107 cm³/mol. The summed E-state index contributed by atoms with van der Waals surface area (Å²) in [4.78, 5) is 4.55. The fourth-order valence-electron chi connectivity index (χ4n) is 2.92. The summed E-state index contributed by atoms with van der Waals surface area (Å²) in [6, 6.07) is 20.4. The molecule has 142 valence electrons. The summed E-state index contributed by atoms with van der Waals surface area (Å²) in [7, 11) is -2.18. The molecule has 0 atom stereocenters. The normalized spacial score (nSPS) is 12.0. The molecular formula is C21H19N3O3S. The van der Waals surface area contributed by atoms with E-state index in [1.165, 1.54) is 11.4 Å². The van der Waals surface area contributed by atoms with Gasteiger partial charge >= 0.3 is 0 Å². The van der Waals surface area contributed by atoms with Crippen LogP contribution >= 0.6 is 0 Å². The maximum absolute atomic E-state index is 12.9. The Morgan fingerprint density at radius 1 is 0.964 bits per heavy atom. The van der Waals surface area contributed by atoms with Crippen molar-refractivity contribution in [1.82, 2.24) is 14.4 Å². The summed E-state index contributed by atoms with van der Waals surface area (Å²) >= 11 is 0. The second-order valence-electron chi connectivity index (χ2n) is 6.65. The zero-order valence-electron chi connectivity index (χ0n) is 15.5. The number of rotatable bonds is 5. The van der Waals surface area contributed by atoms with Crippen molar-refractivity contribution in [2.24, 2.45) is 0 Å². The number of benzene rings is 3. The smallest absolute Gasteiger partial charge is 0.243 e. The Labute approximate surface area is 163 Å². The van der Waals surface area contributed by atoms with Gasteiger partial charge in [0.1, 0.15) is 0 Å². The van der Waals surface area contributed by atoms with Crippen LogP contribution in [0.2, 0.25) is 0 Å². The van der Waals surface area contributed by atoms with Gasteiger partial charge in [0.05, 0.1) is 11.4 Å². The third kappa shape index (κ3) is 3.54. The molecule has 0 N–H and O–H groups in total. The van der Waals surface area contributed by atoms with E-state index in [2.05, 4.69) is 10.1 Å².